The highest BCUT2D eigenvalue weighted by molar-refractivity contribution is 7.83. The normalized spacial score (nSPS) is 11.2. The molecule has 0 fully saturated rings. The number of hydrogen-bond donors (Lipinski definition) is 1. The average molecular weight is 248 g/mol. The molecular weight excluding hydrogens is 232 g/mol. The van der Waals surface area contributed by atoms with Crippen LogP contribution in [0.15, 0.2) is 41.8 Å². The fraction of sp³-hybridized carbons (Fsp3) is 0.214. The van der Waals surface area contributed by atoms with Gasteiger partial charge in [-0.05, 0) is 35.6 Å². The van der Waals surface area contributed by atoms with E-state index >= 15 is 0 Å². The van der Waals surface area contributed by atoms with Crippen molar-refractivity contribution in [1.29, 1.82) is 0 Å². The third-order valence-electron chi connectivity index (χ3n) is 2.38. The largest absolute Gasteiger partial charge is 0.496 e. The summed E-state index contributed by atoms with van der Waals surface area (Å²) in [5.74, 6) is 0.537. The Hall–Kier alpha value is -1.48. The van der Waals surface area contributed by atoms with Crippen LogP contribution in [-0.4, -0.2) is 12.9 Å². The van der Waals surface area contributed by atoms with Crippen molar-refractivity contribution < 1.29 is 9.53 Å². The van der Waals surface area contributed by atoms with Crippen molar-refractivity contribution in [3.05, 3.63) is 53.0 Å². The molecule has 0 radical (unpaired) electrons. The van der Waals surface area contributed by atoms with Gasteiger partial charge in [0.15, 0.2) is 5.78 Å². The van der Waals surface area contributed by atoms with E-state index < -0.39 is 0 Å². The van der Waals surface area contributed by atoms with Gasteiger partial charge in [0.25, 0.3) is 0 Å². The Morgan fingerprint density at radius 1 is 1.41 bits per heavy atom. The lowest BCUT2D eigenvalue weighted by Crippen LogP contribution is -2.00. The molecule has 0 spiro atoms. The van der Waals surface area contributed by atoms with Crippen LogP contribution in [0, 0.1) is 0 Å². The SMILES string of the molecule is CCc1ccc(OC)c(C(=O)/C=C/C=C\S)c1. The summed E-state index contributed by atoms with van der Waals surface area (Å²) in [6, 6.07) is 5.66. The molecule has 0 heterocycles. The minimum absolute atomic E-state index is 0.0661. The number of thiol groups is 1. The van der Waals surface area contributed by atoms with Gasteiger partial charge in [0.1, 0.15) is 5.75 Å². The monoisotopic (exact) mass is 248 g/mol. The zero-order valence-electron chi connectivity index (χ0n) is 10.0. The number of hydrogen-bond acceptors (Lipinski definition) is 3. The van der Waals surface area contributed by atoms with Gasteiger partial charge in [0.05, 0.1) is 12.7 Å². The van der Waals surface area contributed by atoms with Crippen molar-refractivity contribution in [3.8, 4) is 5.75 Å². The van der Waals surface area contributed by atoms with Crippen LogP contribution in [0.2, 0.25) is 0 Å². The second-order valence-electron chi connectivity index (χ2n) is 3.45. The molecule has 0 aromatic heterocycles. The molecule has 3 heteroatoms. The summed E-state index contributed by atoms with van der Waals surface area (Å²) < 4.78 is 5.18. The Bertz CT molecular complexity index is 448. The van der Waals surface area contributed by atoms with Gasteiger partial charge < -0.3 is 4.74 Å². The predicted molar refractivity (Wildman–Crippen MR) is 74.0 cm³/mol. The van der Waals surface area contributed by atoms with Crippen molar-refractivity contribution in [2.24, 2.45) is 0 Å². The van der Waals surface area contributed by atoms with Crippen LogP contribution < -0.4 is 4.74 Å². The molecule has 0 saturated carbocycles. The highest BCUT2D eigenvalue weighted by Gasteiger charge is 2.09. The highest BCUT2D eigenvalue weighted by Crippen LogP contribution is 2.21. The molecule has 0 aliphatic rings. The highest BCUT2D eigenvalue weighted by atomic mass is 32.1. The lowest BCUT2D eigenvalue weighted by molar-refractivity contribution is 0.104. The third kappa shape index (κ3) is 3.79. The van der Waals surface area contributed by atoms with Crippen LogP contribution in [0.3, 0.4) is 0 Å². The molecule has 0 unspecified atom stereocenters. The number of ether oxygens (including phenoxy) is 1. The summed E-state index contributed by atoms with van der Waals surface area (Å²) in [4.78, 5) is 11.9. The third-order valence-corrected chi connectivity index (χ3v) is 2.55. The van der Waals surface area contributed by atoms with Crippen LogP contribution in [0.1, 0.15) is 22.8 Å². The van der Waals surface area contributed by atoms with Crippen molar-refractivity contribution in [3.63, 3.8) is 0 Å². The van der Waals surface area contributed by atoms with Gasteiger partial charge in [-0.2, -0.15) is 12.6 Å². The number of benzene rings is 1. The molecule has 0 aliphatic heterocycles. The summed E-state index contributed by atoms with van der Waals surface area (Å²) in [5, 5.41) is 1.57. The van der Waals surface area contributed by atoms with Crippen molar-refractivity contribution in [2.75, 3.05) is 7.11 Å². The number of carbonyl (C=O) groups excluding carboxylic acids is 1. The number of ketones is 1. The van der Waals surface area contributed by atoms with Gasteiger partial charge in [-0.15, -0.1) is 0 Å². The zero-order chi connectivity index (χ0) is 12.7. The summed E-state index contributed by atoms with van der Waals surface area (Å²) in [5.41, 5.74) is 1.71. The number of allylic oxidation sites excluding steroid dienone is 3. The predicted octanol–water partition coefficient (Wildman–Crippen LogP) is 3.44. The van der Waals surface area contributed by atoms with Crippen molar-refractivity contribution in [2.45, 2.75) is 13.3 Å². The Labute approximate surface area is 107 Å². The molecule has 1 aromatic rings. The van der Waals surface area contributed by atoms with E-state index in [2.05, 4.69) is 19.6 Å². The Morgan fingerprint density at radius 3 is 2.76 bits per heavy atom. The second-order valence-corrected chi connectivity index (χ2v) is 3.75. The fourth-order valence-electron chi connectivity index (χ4n) is 1.45. The molecule has 0 atom stereocenters. The van der Waals surface area contributed by atoms with Gasteiger partial charge in [-0.1, -0.05) is 25.1 Å². The maximum atomic E-state index is 11.9. The summed E-state index contributed by atoms with van der Waals surface area (Å²) in [6.45, 7) is 2.05. The maximum Gasteiger partial charge on any atom is 0.189 e. The minimum Gasteiger partial charge on any atom is -0.496 e. The Balaban J connectivity index is 3.05. The smallest absolute Gasteiger partial charge is 0.189 e. The first-order chi connectivity index (χ1) is 8.22. The number of aryl methyl sites for hydroxylation is 1. The first-order valence-corrected chi connectivity index (χ1v) is 5.93. The van der Waals surface area contributed by atoms with Crippen LogP contribution in [0.5, 0.6) is 5.75 Å². The van der Waals surface area contributed by atoms with E-state index in [4.69, 9.17) is 4.74 Å². The average Bonchev–Trinajstić information content (AvgIpc) is 2.38. The maximum absolute atomic E-state index is 11.9. The molecule has 0 N–H and O–H groups in total. The molecule has 17 heavy (non-hydrogen) atoms. The van der Waals surface area contributed by atoms with E-state index in [-0.39, 0.29) is 5.78 Å². The van der Waals surface area contributed by atoms with Crippen LogP contribution in [0.25, 0.3) is 0 Å². The molecule has 0 bridgehead atoms. The summed E-state index contributed by atoms with van der Waals surface area (Å²) >= 11 is 3.91. The minimum atomic E-state index is -0.0661. The number of carbonyl (C=O) groups is 1. The lowest BCUT2D eigenvalue weighted by atomic mass is 10.0. The number of rotatable bonds is 5. The van der Waals surface area contributed by atoms with E-state index in [0.717, 1.165) is 12.0 Å². The van der Waals surface area contributed by atoms with Crippen molar-refractivity contribution in [1.82, 2.24) is 0 Å². The molecule has 2 nitrogen and oxygen atoms in total. The summed E-state index contributed by atoms with van der Waals surface area (Å²) in [6.07, 6.45) is 5.75. The standard InChI is InChI=1S/C14H16O2S/c1-3-11-7-8-14(16-2)12(10-11)13(15)6-4-5-9-17/h4-10,17H,3H2,1-2H3/b6-4+,9-5-. The van der Waals surface area contributed by atoms with Crippen LogP contribution >= 0.6 is 12.6 Å². The molecule has 90 valence electrons. The first-order valence-electron chi connectivity index (χ1n) is 5.41. The van der Waals surface area contributed by atoms with Crippen LogP contribution in [-0.2, 0) is 6.42 Å². The van der Waals surface area contributed by atoms with Gasteiger partial charge >= 0.3 is 0 Å². The Kier molecular flexibility index (Phi) is 5.57. The fourth-order valence-corrected chi connectivity index (χ4v) is 1.55. The Morgan fingerprint density at radius 2 is 2.18 bits per heavy atom. The van der Waals surface area contributed by atoms with E-state index in [1.54, 1.807) is 24.7 Å². The second kappa shape index (κ2) is 6.97. The van der Waals surface area contributed by atoms with Crippen molar-refractivity contribution >= 4 is 18.4 Å². The number of methoxy groups -OCH3 is 1. The van der Waals surface area contributed by atoms with Crippen LogP contribution in [0.4, 0.5) is 0 Å². The lowest BCUT2D eigenvalue weighted by Gasteiger charge is -2.07. The zero-order valence-corrected chi connectivity index (χ0v) is 10.9. The van der Waals surface area contributed by atoms with E-state index in [0.29, 0.717) is 11.3 Å². The topological polar surface area (TPSA) is 26.3 Å². The molecule has 0 amide bonds. The molecule has 0 aliphatic carbocycles. The molecule has 1 aromatic carbocycles. The van der Waals surface area contributed by atoms with Gasteiger partial charge in [0, 0.05) is 0 Å². The molecular formula is C14H16O2S. The molecule has 1 rings (SSSR count). The summed E-state index contributed by atoms with van der Waals surface area (Å²) in [7, 11) is 1.56. The van der Waals surface area contributed by atoms with Gasteiger partial charge in [-0.25, -0.2) is 0 Å². The van der Waals surface area contributed by atoms with Gasteiger partial charge in [0.2, 0.25) is 0 Å². The van der Waals surface area contributed by atoms with E-state index in [9.17, 15) is 4.79 Å². The van der Waals surface area contributed by atoms with E-state index in [1.807, 2.05) is 18.2 Å². The first kappa shape index (κ1) is 13.6. The molecule has 0 saturated heterocycles. The van der Waals surface area contributed by atoms with E-state index in [1.165, 1.54) is 6.08 Å². The quantitative estimate of drug-likeness (QED) is 0.374. The van der Waals surface area contributed by atoms with Gasteiger partial charge in [-0.3, -0.25) is 4.79 Å².